The standard InChI is InChI=1S/C12H13ClN4/c13-10-1-2-11(16-8-10)12(17-14)7-9-3-5-15-6-4-9/h1-6,8,12,17H,7,14H2. The van der Waals surface area contributed by atoms with Crippen molar-refractivity contribution in [3.63, 3.8) is 0 Å². The Bertz CT molecular complexity index is 458. The van der Waals surface area contributed by atoms with Gasteiger partial charge in [0.25, 0.3) is 0 Å². The van der Waals surface area contributed by atoms with Crippen molar-refractivity contribution in [1.82, 2.24) is 15.4 Å². The molecule has 0 radical (unpaired) electrons. The lowest BCUT2D eigenvalue weighted by atomic mass is 10.0. The van der Waals surface area contributed by atoms with Crippen LogP contribution in [-0.2, 0) is 6.42 Å². The van der Waals surface area contributed by atoms with E-state index in [0.717, 1.165) is 17.7 Å². The molecule has 0 saturated carbocycles. The second-order valence-corrected chi connectivity index (χ2v) is 4.12. The van der Waals surface area contributed by atoms with Gasteiger partial charge in [-0.3, -0.25) is 21.2 Å². The Morgan fingerprint density at radius 1 is 1.24 bits per heavy atom. The maximum atomic E-state index is 5.80. The highest BCUT2D eigenvalue weighted by Gasteiger charge is 2.11. The van der Waals surface area contributed by atoms with E-state index in [1.54, 1.807) is 24.7 Å². The Morgan fingerprint density at radius 2 is 2.00 bits per heavy atom. The highest BCUT2D eigenvalue weighted by molar-refractivity contribution is 6.30. The molecular formula is C12H13ClN4. The maximum absolute atomic E-state index is 5.80. The summed E-state index contributed by atoms with van der Waals surface area (Å²) in [4.78, 5) is 8.23. The zero-order valence-corrected chi connectivity index (χ0v) is 9.93. The molecule has 0 spiro atoms. The lowest BCUT2D eigenvalue weighted by molar-refractivity contribution is 0.538. The minimum Gasteiger partial charge on any atom is -0.271 e. The molecule has 2 aromatic heterocycles. The summed E-state index contributed by atoms with van der Waals surface area (Å²) in [6.07, 6.45) is 5.90. The van der Waals surface area contributed by atoms with Gasteiger partial charge in [0, 0.05) is 18.6 Å². The first-order valence-corrected chi connectivity index (χ1v) is 5.64. The third kappa shape index (κ3) is 3.23. The molecule has 5 heteroatoms. The van der Waals surface area contributed by atoms with Crippen LogP contribution in [0.3, 0.4) is 0 Å². The predicted molar refractivity (Wildman–Crippen MR) is 67.3 cm³/mol. The molecule has 4 nitrogen and oxygen atoms in total. The zero-order valence-electron chi connectivity index (χ0n) is 9.18. The number of nitrogens with two attached hydrogens (primary N) is 1. The third-order valence-corrected chi connectivity index (χ3v) is 2.72. The topological polar surface area (TPSA) is 63.8 Å². The third-order valence-electron chi connectivity index (χ3n) is 2.50. The Balaban J connectivity index is 2.14. The van der Waals surface area contributed by atoms with Crippen LogP contribution in [0, 0.1) is 0 Å². The smallest absolute Gasteiger partial charge is 0.0672 e. The van der Waals surface area contributed by atoms with E-state index < -0.39 is 0 Å². The van der Waals surface area contributed by atoms with Gasteiger partial charge in [0.2, 0.25) is 0 Å². The summed E-state index contributed by atoms with van der Waals surface area (Å²) in [5.74, 6) is 5.55. The van der Waals surface area contributed by atoms with E-state index in [4.69, 9.17) is 17.4 Å². The zero-order chi connectivity index (χ0) is 12.1. The fraction of sp³-hybridized carbons (Fsp3) is 0.167. The molecule has 3 N–H and O–H groups in total. The molecule has 0 aliphatic rings. The molecule has 0 aliphatic carbocycles. The summed E-state index contributed by atoms with van der Waals surface area (Å²) in [6, 6.07) is 7.56. The average Bonchev–Trinajstić information content (AvgIpc) is 2.38. The molecule has 17 heavy (non-hydrogen) atoms. The molecule has 0 amide bonds. The minimum absolute atomic E-state index is 0.0327. The molecule has 2 heterocycles. The van der Waals surface area contributed by atoms with Crippen LogP contribution in [0.5, 0.6) is 0 Å². The van der Waals surface area contributed by atoms with E-state index in [1.165, 1.54) is 0 Å². The van der Waals surface area contributed by atoms with Crippen LogP contribution in [0.4, 0.5) is 0 Å². The van der Waals surface area contributed by atoms with E-state index in [1.807, 2.05) is 18.2 Å². The first kappa shape index (κ1) is 12.0. The molecule has 1 unspecified atom stereocenters. The Kier molecular flexibility index (Phi) is 4.03. The fourth-order valence-electron chi connectivity index (χ4n) is 1.60. The highest BCUT2D eigenvalue weighted by atomic mass is 35.5. The van der Waals surface area contributed by atoms with E-state index in [9.17, 15) is 0 Å². The summed E-state index contributed by atoms with van der Waals surface area (Å²) in [7, 11) is 0. The number of halogens is 1. The summed E-state index contributed by atoms with van der Waals surface area (Å²) in [6.45, 7) is 0. The van der Waals surface area contributed by atoms with Gasteiger partial charge >= 0.3 is 0 Å². The van der Waals surface area contributed by atoms with Crippen LogP contribution >= 0.6 is 11.6 Å². The van der Waals surface area contributed by atoms with Gasteiger partial charge in [-0.15, -0.1) is 0 Å². The summed E-state index contributed by atoms with van der Waals surface area (Å²) < 4.78 is 0. The van der Waals surface area contributed by atoms with Crippen molar-refractivity contribution in [1.29, 1.82) is 0 Å². The van der Waals surface area contributed by atoms with Gasteiger partial charge in [-0.2, -0.15) is 0 Å². The molecule has 88 valence electrons. The van der Waals surface area contributed by atoms with Gasteiger partial charge in [-0.25, -0.2) is 0 Å². The van der Waals surface area contributed by atoms with Crippen molar-refractivity contribution in [2.24, 2.45) is 5.84 Å². The van der Waals surface area contributed by atoms with Gasteiger partial charge < -0.3 is 0 Å². The molecule has 0 fully saturated rings. The summed E-state index contributed by atoms with van der Waals surface area (Å²) in [5.41, 5.74) is 4.78. The van der Waals surface area contributed by atoms with Gasteiger partial charge in [0.1, 0.15) is 0 Å². The molecule has 0 aromatic carbocycles. The van der Waals surface area contributed by atoms with Crippen LogP contribution < -0.4 is 11.3 Å². The van der Waals surface area contributed by atoms with Crippen LogP contribution in [0.15, 0.2) is 42.9 Å². The molecule has 0 bridgehead atoms. The van der Waals surface area contributed by atoms with E-state index in [0.29, 0.717) is 5.02 Å². The first-order chi connectivity index (χ1) is 8.29. The molecule has 0 saturated heterocycles. The highest BCUT2D eigenvalue weighted by Crippen LogP contribution is 2.16. The second-order valence-electron chi connectivity index (χ2n) is 3.68. The maximum Gasteiger partial charge on any atom is 0.0672 e. The average molecular weight is 249 g/mol. The van der Waals surface area contributed by atoms with Crippen molar-refractivity contribution in [3.8, 4) is 0 Å². The molecule has 2 rings (SSSR count). The second kappa shape index (κ2) is 5.72. The number of nitrogens with zero attached hydrogens (tertiary/aromatic N) is 2. The number of hydrogen-bond donors (Lipinski definition) is 2. The lowest BCUT2D eigenvalue weighted by Crippen LogP contribution is -2.30. The van der Waals surface area contributed by atoms with Crippen LogP contribution in [0.25, 0.3) is 0 Å². The number of nitrogens with one attached hydrogen (secondary N) is 1. The van der Waals surface area contributed by atoms with Crippen molar-refractivity contribution in [3.05, 3.63) is 59.1 Å². The van der Waals surface area contributed by atoms with E-state index in [-0.39, 0.29) is 6.04 Å². The van der Waals surface area contributed by atoms with Crippen molar-refractivity contribution >= 4 is 11.6 Å². The number of rotatable bonds is 4. The number of aromatic nitrogens is 2. The summed E-state index contributed by atoms with van der Waals surface area (Å²) in [5, 5.41) is 0.619. The Morgan fingerprint density at radius 3 is 2.59 bits per heavy atom. The van der Waals surface area contributed by atoms with Crippen LogP contribution in [0.2, 0.25) is 5.02 Å². The van der Waals surface area contributed by atoms with Crippen LogP contribution in [-0.4, -0.2) is 9.97 Å². The molecule has 1 atom stereocenters. The number of hydrogen-bond acceptors (Lipinski definition) is 4. The minimum atomic E-state index is -0.0327. The Labute approximate surface area is 105 Å². The SMILES string of the molecule is NNC(Cc1ccncc1)c1ccc(Cl)cn1. The Hall–Kier alpha value is -1.49. The molecule has 0 aliphatic heterocycles. The van der Waals surface area contributed by atoms with Crippen molar-refractivity contribution in [2.75, 3.05) is 0 Å². The molecule has 2 aromatic rings. The van der Waals surface area contributed by atoms with Gasteiger partial charge in [-0.1, -0.05) is 11.6 Å². The molecular weight excluding hydrogens is 236 g/mol. The van der Waals surface area contributed by atoms with Crippen molar-refractivity contribution in [2.45, 2.75) is 12.5 Å². The van der Waals surface area contributed by atoms with Crippen LogP contribution in [0.1, 0.15) is 17.3 Å². The van der Waals surface area contributed by atoms with Gasteiger partial charge in [-0.05, 0) is 36.2 Å². The quantitative estimate of drug-likeness (QED) is 0.641. The fourth-order valence-corrected chi connectivity index (χ4v) is 1.71. The predicted octanol–water partition coefficient (Wildman–Crippen LogP) is 1.88. The van der Waals surface area contributed by atoms with E-state index >= 15 is 0 Å². The van der Waals surface area contributed by atoms with Gasteiger partial charge in [0.15, 0.2) is 0 Å². The largest absolute Gasteiger partial charge is 0.271 e. The monoisotopic (exact) mass is 248 g/mol. The lowest BCUT2D eigenvalue weighted by Gasteiger charge is -2.15. The normalized spacial score (nSPS) is 12.4. The van der Waals surface area contributed by atoms with E-state index in [2.05, 4.69) is 15.4 Å². The summed E-state index contributed by atoms with van der Waals surface area (Å²) >= 11 is 5.80. The van der Waals surface area contributed by atoms with Crippen molar-refractivity contribution < 1.29 is 0 Å². The number of hydrazine groups is 1. The van der Waals surface area contributed by atoms with Gasteiger partial charge in [0.05, 0.1) is 16.8 Å². The number of pyridine rings is 2. The first-order valence-electron chi connectivity index (χ1n) is 5.26.